The molecule has 0 fully saturated rings. The zero-order chi connectivity index (χ0) is 17.8. The summed E-state index contributed by atoms with van der Waals surface area (Å²) in [5, 5.41) is 5.59. The van der Waals surface area contributed by atoms with Crippen LogP contribution in [0.15, 0.2) is 54.2 Å². The molecule has 128 valence electrons. The predicted octanol–water partition coefficient (Wildman–Crippen LogP) is 4.77. The molecular weight excluding hydrogens is 362 g/mol. The fourth-order valence-electron chi connectivity index (χ4n) is 2.51. The molecule has 0 aromatic carbocycles. The number of fused-ring (bicyclic) bond motifs is 1. The van der Waals surface area contributed by atoms with E-state index in [9.17, 15) is 0 Å². The van der Waals surface area contributed by atoms with Gasteiger partial charge in [0.05, 0.1) is 33.5 Å². The highest BCUT2D eigenvalue weighted by Gasteiger charge is 2.07. The van der Waals surface area contributed by atoms with Gasteiger partial charge in [-0.3, -0.25) is 4.98 Å². The number of thiophene rings is 2. The third-order valence-electron chi connectivity index (χ3n) is 3.73. The van der Waals surface area contributed by atoms with Gasteiger partial charge >= 0.3 is 0 Å². The minimum Gasteiger partial charge on any atom is -0.480 e. The molecule has 4 heterocycles. The molecule has 0 saturated heterocycles. The van der Waals surface area contributed by atoms with Gasteiger partial charge in [-0.25, -0.2) is 4.98 Å². The average molecular weight is 377 g/mol. The number of hydrogen-bond donors (Lipinski definition) is 1. The van der Waals surface area contributed by atoms with Crippen molar-refractivity contribution in [3.63, 3.8) is 0 Å². The molecule has 4 aromatic heterocycles. The van der Waals surface area contributed by atoms with Crippen molar-refractivity contribution in [2.75, 3.05) is 12.4 Å². The maximum atomic E-state index is 5.25. The lowest BCUT2D eigenvalue weighted by Gasteiger charge is -2.05. The summed E-state index contributed by atoms with van der Waals surface area (Å²) in [4.78, 5) is 10.9. The molecule has 0 atom stereocenters. The van der Waals surface area contributed by atoms with Gasteiger partial charge < -0.3 is 10.1 Å². The van der Waals surface area contributed by atoms with E-state index in [4.69, 9.17) is 4.74 Å². The lowest BCUT2D eigenvalue weighted by molar-refractivity contribution is 0.396. The highest BCUT2D eigenvalue weighted by atomic mass is 32.1. The van der Waals surface area contributed by atoms with Crippen LogP contribution < -0.4 is 10.1 Å². The first-order valence-electron chi connectivity index (χ1n) is 7.99. The van der Waals surface area contributed by atoms with Crippen molar-refractivity contribution in [1.82, 2.24) is 9.97 Å². The third-order valence-corrected chi connectivity index (χ3v) is 5.68. The first-order chi connectivity index (χ1) is 12.8. The van der Waals surface area contributed by atoms with E-state index in [0.29, 0.717) is 5.88 Å². The molecule has 4 rings (SSSR count). The van der Waals surface area contributed by atoms with Crippen molar-refractivity contribution in [3.05, 3.63) is 69.5 Å². The van der Waals surface area contributed by atoms with Crippen LogP contribution in [0.1, 0.15) is 15.3 Å². The topological polar surface area (TPSA) is 47.0 Å². The summed E-state index contributed by atoms with van der Waals surface area (Å²) in [5.41, 5.74) is 2.81. The minimum atomic E-state index is 0.539. The van der Waals surface area contributed by atoms with Crippen molar-refractivity contribution >= 4 is 38.6 Å². The van der Waals surface area contributed by atoms with E-state index >= 15 is 0 Å². The molecule has 0 spiro atoms. The van der Waals surface area contributed by atoms with Gasteiger partial charge in [-0.1, -0.05) is 17.9 Å². The normalized spacial score (nSPS) is 10.3. The Labute approximate surface area is 159 Å². The second-order valence-corrected chi connectivity index (χ2v) is 7.51. The monoisotopic (exact) mass is 377 g/mol. The number of nitrogens with zero attached hydrogens (tertiary/aromatic N) is 2. The number of methoxy groups -OCH3 is 1. The highest BCUT2D eigenvalue weighted by Crippen LogP contribution is 2.30. The molecule has 6 heteroatoms. The molecule has 4 nitrogen and oxygen atoms in total. The van der Waals surface area contributed by atoms with Gasteiger partial charge in [0.2, 0.25) is 5.88 Å². The van der Waals surface area contributed by atoms with Crippen LogP contribution in [0.25, 0.3) is 10.2 Å². The maximum Gasteiger partial charge on any atom is 0.229 e. The lowest BCUT2D eigenvalue weighted by atomic mass is 10.2. The number of aromatic nitrogens is 2. The fourth-order valence-corrected chi connectivity index (χ4v) is 4.12. The van der Waals surface area contributed by atoms with Crippen LogP contribution in [0.3, 0.4) is 0 Å². The van der Waals surface area contributed by atoms with Crippen LogP contribution in [0.4, 0.5) is 5.69 Å². The van der Waals surface area contributed by atoms with Gasteiger partial charge in [0.1, 0.15) is 0 Å². The van der Waals surface area contributed by atoms with Gasteiger partial charge in [-0.15, -0.1) is 22.7 Å². The van der Waals surface area contributed by atoms with Crippen molar-refractivity contribution in [1.29, 1.82) is 0 Å². The molecule has 0 radical (unpaired) electrons. The van der Waals surface area contributed by atoms with E-state index in [1.807, 2.05) is 30.5 Å². The Kier molecular flexibility index (Phi) is 4.82. The quantitative estimate of drug-likeness (QED) is 0.520. The van der Waals surface area contributed by atoms with Gasteiger partial charge in [0.15, 0.2) is 0 Å². The van der Waals surface area contributed by atoms with Crippen LogP contribution in [0.5, 0.6) is 5.88 Å². The van der Waals surface area contributed by atoms with Crippen molar-refractivity contribution in [3.8, 4) is 17.7 Å². The van der Waals surface area contributed by atoms with E-state index < -0.39 is 0 Å². The molecule has 0 unspecified atom stereocenters. The molecule has 0 bridgehead atoms. The van der Waals surface area contributed by atoms with Gasteiger partial charge in [-0.05, 0) is 35.7 Å². The molecule has 26 heavy (non-hydrogen) atoms. The van der Waals surface area contributed by atoms with E-state index in [1.54, 1.807) is 36.0 Å². The van der Waals surface area contributed by atoms with Crippen molar-refractivity contribution in [2.45, 2.75) is 6.54 Å². The van der Waals surface area contributed by atoms with E-state index in [2.05, 4.69) is 44.6 Å². The number of anilines is 1. The van der Waals surface area contributed by atoms with Crippen molar-refractivity contribution in [2.24, 2.45) is 0 Å². The third kappa shape index (κ3) is 3.54. The van der Waals surface area contributed by atoms with Gasteiger partial charge in [0.25, 0.3) is 0 Å². The number of pyridine rings is 2. The Morgan fingerprint density at radius 2 is 2.08 bits per heavy atom. The first kappa shape index (κ1) is 16.6. The maximum absolute atomic E-state index is 5.25. The molecular formula is C20H15N3OS2. The molecule has 0 saturated carbocycles. The number of nitrogens with one attached hydrogen (secondary N) is 1. The standard InChI is InChI=1S/C20H15N3OS2/c1-24-20-14(4-2-9-22-20)6-7-15-12-18-19(26-15)17(8-10-21-18)23-13-16-5-3-11-25-16/h2-5,8-12H,13H2,1H3,(H,21,23). The summed E-state index contributed by atoms with van der Waals surface area (Å²) in [7, 11) is 1.60. The molecule has 0 aliphatic heterocycles. The largest absolute Gasteiger partial charge is 0.480 e. The molecule has 4 aromatic rings. The van der Waals surface area contributed by atoms with Crippen LogP contribution in [0, 0.1) is 11.8 Å². The Morgan fingerprint density at radius 1 is 1.12 bits per heavy atom. The van der Waals surface area contributed by atoms with E-state index in [0.717, 1.165) is 32.9 Å². The van der Waals surface area contributed by atoms with Crippen LogP contribution in [-0.2, 0) is 6.54 Å². The average Bonchev–Trinajstić information content (AvgIpc) is 3.34. The number of hydrogen-bond acceptors (Lipinski definition) is 6. The Morgan fingerprint density at radius 3 is 2.92 bits per heavy atom. The molecule has 0 amide bonds. The van der Waals surface area contributed by atoms with Gasteiger partial charge in [-0.2, -0.15) is 0 Å². The second-order valence-electron chi connectivity index (χ2n) is 5.43. The smallest absolute Gasteiger partial charge is 0.229 e. The lowest BCUT2D eigenvalue weighted by Crippen LogP contribution is -1.97. The van der Waals surface area contributed by atoms with E-state index in [-0.39, 0.29) is 0 Å². The zero-order valence-corrected chi connectivity index (χ0v) is 15.7. The molecule has 0 aliphatic carbocycles. The Balaban J connectivity index is 1.62. The number of ether oxygens (including phenoxy) is 1. The van der Waals surface area contributed by atoms with E-state index in [1.165, 1.54) is 4.88 Å². The first-order valence-corrected chi connectivity index (χ1v) is 9.69. The van der Waals surface area contributed by atoms with Crippen molar-refractivity contribution < 1.29 is 4.74 Å². The van der Waals surface area contributed by atoms with Crippen LogP contribution in [0.2, 0.25) is 0 Å². The number of rotatable bonds is 4. The summed E-state index contributed by atoms with van der Waals surface area (Å²) in [6.07, 6.45) is 3.52. The van der Waals surface area contributed by atoms with Gasteiger partial charge in [0, 0.05) is 23.8 Å². The summed E-state index contributed by atoms with van der Waals surface area (Å²) >= 11 is 3.38. The SMILES string of the molecule is COc1ncccc1C#Cc1cc2nccc(NCc3cccs3)c2s1. The highest BCUT2D eigenvalue weighted by molar-refractivity contribution is 7.20. The van der Waals surface area contributed by atoms with Crippen LogP contribution in [-0.4, -0.2) is 17.1 Å². The summed E-state index contributed by atoms with van der Waals surface area (Å²) in [6.45, 7) is 0.808. The second kappa shape index (κ2) is 7.56. The molecule has 1 N–H and O–H groups in total. The summed E-state index contributed by atoms with van der Waals surface area (Å²) in [5.74, 6) is 6.89. The Hall–Kier alpha value is -2.88. The summed E-state index contributed by atoms with van der Waals surface area (Å²) in [6, 6.07) is 12.0. The zero-order valence-electron chi connectivity index (χ0n) is 14.0. The fraction of sp³-hybridized carbons (Fsp3) is 0.100. The predicted molar refractivity (Wildman–Crippen MR) is 108 cm³/mol. The minimum absolute atomic E-state index is 0.539. The van der Waals surface area contributed by atoms with Crippen LogP contribution >= 0.6 is 22.7 Å². The summed E-state index contributed by atoms with van der Waals surface area (Å²) < 4.78 is 6.36. The molecule has 0 aliphatic rings. The Bertz CT molecular complexity index is 1090.